The summed E-state index contributed by atoms with van der Waals surface area (Å²) in [5, 5.41) is 3.60. The second-order valence-corrected chi connectivity index (χ2v) is 6.67. The fraction of sp³-hybridized carbons (Fsp3) is 0.667. The lowest BCUT2D eigenvalue weighted by Gasteiger charge is -2.27. The molecule has 0 aromatic carbocycles. The van der Waals surface area contributed by atoms with Gasteiger partial charge in [0.15, 0.2) is 0 Å². The number of aromatic nitrogens is 1. The molecule has 1 saturated heterocycles. The molecule has 1 aliphatic heterocycles. The summed E-state index contributed by atoms with van der Waals surface area (Å²) in [6.07, 6.45) is 8.48. The van der Waals surface area contributed by atoms with E-state index in [1.807, 2.05) is 6.20 Å². The summed E-state index contributed by atoms with van der Waals surface area (Å²) in [6.45, 7) is 3.11. The average molecular weight is 317 g/mol. The molecule has 2 aliphatic rings. The molecule has 2 heterocycles. The number of esters is 1. The highest BCUT2D eigenvalue weighted by atomic mass is 16.5. The number of hydrogen-bond donors (Lipinski definition) is 1. The average Bonchev–Trinajstić information content (AvgIpc) is 3.15. The summed E-state index contributed by atoms with van der Waals surface area (Å²) in [7, 11) is 1.48. The van der Waals surface area contributed by atoms with Crippen molar-refractivity contribution >= 4 is 11.8 Å². The van der Waals surface area contributed by atoms with Gasteiger partial charge in [-0.05, 0) is 50.2 Å². The fourth-order valence-electron chi connectivity index (χ4n) is 3.62. The Kier molecular flexibility index (Phi) is 5.49. The minimum atomic E-state index is -0.0508. The number of carbonyl (C=O) groups excluding carboxylic acids is 1. The highest BCUT2D eigenvalue weighted by Crippen LogP contribution is 2.25. The smallest absolute Gasteiger partial charge is 0.308 e. The molecule has 126 valence electrons. The van der Waals surface area contributed by atoms with Gasteiger partial charge in [-0.1, -0.05) is 6.07 Å². The Morgan fingerprint density at radius 3 is 2.61 bits per heavy atom. The van der Waals surface area contributed by atoms with Crippen LogP contribution in [-0.2, 0) is 16.1 Å². The van der Waals surface area contributed by atoms with Crippen LogP contribution >= 0.6 is 0 Å². The highest BCUT2D eigenvalue weighted by molar-refractivity contribution is 5.72. The van der Waals surface area contributed by atoms with Crippen LogP contribution in [0.5, 0.6) is 0 Å². The number of pyridine rings is 1. The van der Waals surface area contributed by atoms with Gasteiger partial charge in [0.1, 0.15) is 5.82 Å². The monoisotopic (exact) mass is 317 g/mol. The molecule has 5 nitrogen and oxygen atoms in total. The molecule has 1 aliphatic carbocycles. The molecule has 0 unspecified atom stereocenters. The maximum absolute atomic E-state index is 11.5. The lowest BCUT2D eigenvalue weighted by Crippen LogP contribution is -2.34. The first kappa shape index (κ1) is 16.2. The number of anilines is 1. The molecule has 1 saturated carbocycles. The molecular formula is C18H27N3O2. The summed E-state index contributed by atoms with van der Waals surface area (Å²) >= 11 is 0. The quantitative estimate of drug-likeness (QED) is 0.846. The van der Waals surface area contributed by atoms with Crippen molar-refractivity contribution in [3.05, 3.63) is 23.9 Å². The predicted octanol–water partition coefficient (Wildman–Crippen LogP) is 2.50. The lowest BCUT2D eigenvalue weighted by atomic mass is 9.86. The molecule has 1 N–H and O–H groups in total. The van der Waals surface area contributed by atoms with Gasteiger partial charge in [-0.2, -0.15) is 0 Å². The van der Waals surface area contributed by atoms with Crippen molar-refractivity contribution < 1.29 is 9.53 Å². The van der Waals surface area contributed by atoms with Crippen LogP contribution in [0.2, 0.25) is 0 Å². The Balaban J connectivity index is 1.43. The normalized spacial score (nSPS) is 24.7. The minimum absolute atomic E-state index is 0.0508. The van der Waals surface area contributed by atoms with Crippen molar-refractivity contribution in [3.63, 3.8) is 0 Å². The number of nitrogens with one attached hydrogen (secondary N) is 1. The van der Waals surface area contributed by atoms with Gasteiger partial charge >= 0.3 is 5.97 Å². The number of nitrogens with zero attached hydrogens (tertiary/aromatic N) is 2. The Morgan fingerprint density at radius 1 is 1.26 bits per heavy atom. The fourth-order valence-corrected chi connectivity index (χ4v) is 3.62. The molecule has 2 fully saturated rings. The maximum atomic E-state index is 11.5. The SMILES string of the molecule is COC(=O)C1CCC(NCc2ccc(N3CCCC3)nc2)CC1. The van der Waals surface area contributed by atoms with E-state index in [-0.39, 0.29) is 11.9 Å². The largest absolute Gasteiger partial charge is 0.469 e. The van der Waals surface area contributed by atoms with Crippen LogP contribution in [0.25, 0.3) is 0 Å². The van der Waals surface area contributed by atoms with Gasteiger partial charge in [-0.15, -0.1) is 0 Å². The van der Waals surface area contributed by atoms with Crippen LogP contribution in [0.4, 0.5) is 5.82 Å². The van der Waals surface area contributed by atoms with Gasteiger partial charge in [-0.25, -0.2) is 4.98 Å². The molecule has 3 rings (SSSR count). The van der Waals surface area contributed by atoms with Crippen LogP contribution in [-0.4, -0.2) is 37.2 Å². The van der Waals surface area contributed by atoms with Crippen molar-refractivity contribution in [2.75, 3.05) is 25.1 Å². The van der Waals surface area contributed by atoms with E-state index in [2.05, 4.69) is 27.3 Å². The minimum Gasteiger partial charge on any atom is -0.469 e. The van der Waals surface area contributed by atoms with E-state index in [0.29, 0.717) is 6.04 Å². The van der Waals surface area contributed by atoms with Gasteiger partial charge in [0, 0.05) is 31.9 Å². The number of carbonyl (C=O) groups is 1. The van der Waals surface area contributed by atoms with Crippen molar-refractivity contribution in [1.82, 2.24) is 10.3 Å². The van der Waals surface area contributed by atoms with Gasteiger partial charge < -0.3 is 15.0 Å². The molecule has 1 aromatic rings. The number of hydrogen-bond acceptors (Lipinski definition) is 5. The summed E-state index contributed by atoms with van der Waals surface area (Å²) in [5.74, 6) is 1.15. The zero-order valence-electron chi connectivity index (χ0n) is 14.0. The topological polar surface area (TPSA) is 54.5 Å². The Morgan fingerprint density at radius 2 is 2.00 bits per heavy atom. The van der Waals surface area contributed by atoms with Gasteiger partial charge in [0.25, 0.3) is 0 Å². The summed E-state index contributed by atoms with van der Waals surface area (Å²) in [6, 6.07) is 4.80. The first-order valence-electron chi connectivity index (χ1n) is 8.77. The lowest BCUT2D eigenvalue weighted by molar-refractivity contribution is -0.146. The van der Waals surface area contributed by atoms with E-state index in [1.54, 1.807) is 0 Å². The van der Waals surface area contributed by atoms with Gasteiger partial charge in [-0.3, -0.25) is 4.79 Å². The van der Waals surface area contributed by atoms with E-state index in [4.69, 9.17) is 4.74 Å². The Bertz CT molecular complexity index is 504. The van der Waals surface area contributed by atoms with Crippen molar-refractivity contribution in [1.29, 1.82) is 0 Å². The molecule has 0 atom stereocenters. The van der Waals surface area contributed by atoms with Gasteiger partial charge in [0.05, 0.1) is 13.0 Å². The third-order valence-electron chi connectivity index (χ3n) is 5.10. The molecule has 0 radical (unpaired) electrons. The summed E-state index contributed by atoms with van der Waals surface area (Å²) in [4.78, 5) is 18.5. The van der Waals surface area contributed by atoms with E-state index >= 15 is 0 Å². The second-order valence-electron chi connectivity index (χ2n) is 6.67. The summed E-state index contributed by atoms with van der Waals surface area (Å²) in [5.41, 5.74) is 1.23. The summed E-state index contributed by atoms with van der Waals surface area (Å²) < 4.78 is 4.84. The van der Waals surface area contributed by atoms with Crippen LogP contribution in [0.1, 0.15) is 44.1 Å². The van der Waals surface area contributed by atoms with E-state index in [9.17, 15) is 4.79 Å². The van der Waals surface area contributed by atoms with Crippen molar-refractivity contribution in [2.45, 2.75) is 51.1 Å². The number of methoxy groups -OCH3 is 1. The third kappa shape index (κ3) is 4.22. The molecule has 1 aromatic heterocycles. The maximum Gasteiger partial charge on any atom is 0.308 e. The van der Waals surface area contributed by atoms with Crippen LogP contribution < -0.4 is 10.2 Å². The second kappa shape index (κ2) is 7.77. The van der Waals surface area contributed by atoms with Crippen LogP contribution in [0.3, 0.4) is 0 Å². The zero-order valence-corrected chi connectivity index (χ0v) is 14.0. The van der Waals surface area contributed by atoms with Crippen LogP contribution in [0.15, 0.2) is 18.3 Å². The van der Waals surface area contributed by atoms with Crippen molar-refractivity contribution in [2.24, 2.45) is 5.92 Å². The third-order valence-corrected chi connectivity index (χ3v) is 5.10. The molecule has 0 amide bonds. The molecule has 0 spiro atoms. The number of ether oxygens (including phenoxy) is 1. The first-order valence-corrected chi connectivity index (χ1v) is 8.77. The van der Waals surface area contributed by atoms with E-state index < -0.39 is 0 Å². The standard InChI is InChI=1S/C18H27N3O2/c1-23-18(22)15-5-7-16(8-6-15)19-12-14-4-9-17(20-13-14)21-10-2-3-11-21/h4,9,13,15-16,19H,2-3,5-8,10-12H2,1H3. The molecule has 0 bridgehead atoms. The highest BCUT2D eigenvalue weighted by Gasteiger charge is 2.26. The van der Waals surface area contributed by atoms with Gasteiger partial charge in [0.2, 0.25) is 0 Å². The number of rotatable bonds is 5. The Hall–Kier alpha value is -1.62. The molecular weight excluding hydrogens is 290 g/mol. The van der Waals surface area contributed by atoms with Crippen molar-refractivity contribution in [3.8, 4) is 0 Å². The van der Waals surface area contributed by atoms with E-state index in [1.165, 1.54) is 25.5 Å². The first-order chi connectivity index (χ1) is 11.3. The van der Waals surface area contributed by atoms with Crippen LogP contribution in [0, 0.1) is 5.92 Å². The predicted molar refractivity (Wildman–Crippen MR) is 90.3 cm³/mol. The Labute approximate surface area is 138 Å². The molecule has 5 heteroatoms. The molecule has 23 heavy (non-hydrogen) atoms. The van der Waals surface area contributed by atoms with E-state index in [0.717, 1.165) is 51.1 Å². The zero-order chi connectivity index (χ0) is 16.1.